The van der Waals surface area contributed by atoms with Crippen molar-refractivity contribution in [2.75, 3.05) is 26.3 Å². The number of carboxylic acid groups (broad SMARTS) is 1. The molecule has 18 heavy (non-hydrogen) atoms. The van der Waals surface area contributed by atoms with Crippen molar-refractivity contribution in [2.24, 2.45) is 5.92 Å². The van der Waals surface area contributed by atoms with E-state index in [2.05, 4.69) is 10.6 Å². The van der Waals surface area contributed by atoms with Gasteiger partial charge in [0.15, 0.2) is 0 Å². The van der Waals surface area contributed by atoms with E-state index >= 15 is 0 Å². The van der Waals surface area contributed by atoms with E-state index < -0.39 is 5.97 Å². The second kappa shape index (κ2) is 8.74. The van der Waals surface area contributed by atoms with Crippen LogP contribution in [0.25, 0.3) is 0 Å². The van der Waals surface area contributed by atoms with Gasteiger partial charge in [-0.3, -0.25) is 4.79 Å². The monoisotopic (exact) mass is 258 g/mol. The van der Waals surface area contributed by atoms with E-state index in [1.807, 2.05) is 0 Å². The van der Waals surface area contributed by atoms with E-state index in [1.165, 1.54) is 25.7 Å². The largest absolute Gasteiger partial charge is 0.481 e. The van der Waals surface area contributed by atoms with Crippen LogP contribution in [0, 0.1) is 5.92 Å². The average Bonchev–Trinajstić information content (AvgIpc) is 2.81. The minimum atomic E-state index is -0.921. The first-order valence-electron chi connectivity index (χ1n) is 6.49. The molecular weight excluding hydrogens is 236 g/mol. The molecule has 0 saturated heterocycles. The summed E-state index contributed by atoms with van der Waals surface area (Å²) in [5.74, 6) is -0.232. The summed E-state index contributed by atoms with van der Waals surface area (Å²) >= 11 is 0. The standard InChI is InChI=1S/C12H22N2O4/c15-11(16)5-6-13-12(17)14-7-8-18-9-10-3-1-2-4-10/h10H,1-9H2,(H,15,16)(H2,13,14,17). The maximum Gasteiger partial charge on any atom is 0.314 e. The fourth-order valence-corrected chi connectivity index (χ4v) is 2.01. The molecule has 0 unspecified atom stereocenters. The molecule has 0 aromatic rings. The van der Waals surface area contributed by atoms with Crippen LogP contribution >= 0.6 is 0 Å². The van der Waals surface area contributed by atoms with Crippen molar-refractivity contribution in [1.82, 2.24) is 10.6 Å². The summed E-state index contributed by atoms with van der Waals surface area (Å²) in [5.41, 5.74) is 0. The first-order valence-corrected chi connectivity index (χ1v) is 6.49. The summed E-state index contributed by atoms with van der Waals surface area (Å²) in [6.45, 7) is 1.88. The molecule has 1 saturated carbocycles. The quantitative estimate of drug-likeness (QED) is 0.566. The van der Waals surface area contributed by atoms with E-state index in [0.29, 0.717) is 19.1 Å². The summed E-state index contributed by atoms with van der Waals surface area (Å²) in [5, 5.41) is 13.5. The van der Waals surface area contributed by atoms with Gasteiger partial charge in [-0.25, -0.2) is 4.79 Å². The van der Waals surface area contributed by atoms with Gasteiger partial charge in [0.25, 0.3) is 0 Å². The first kappa shape index (κ1) is 14.8. The topological polar surface area (TPSA) is 87.7 Å². The summed E-state index contributed by atoms with van der Waals surface area (Å²) < 4.78 is 5.47. The van der Waals surface area contributed by atoms with Crippen LogP contribution in [0.4, 0.5) is 4.79 Å². The second-order valence-electron chi connectivity index (χ2n) is 4.55. The maximum atomic E-state index is 11.2. The molecule has 3 N–H and O–H groups in total. The normalized spacial score (nSPS) is 15.6. The molecule has 0 heterocycles. The third kappa shape index (κ3) is 7.11. The van der Waals surface area contributed by atoms with Crippen molar-refractivity contribution in [3.8, 4) is 0 Å². The molecule has 2 amide bonds. The third-order valence-electron chi connectivity index (χ3n) is 2.98. The van der Waals surface area contributed by atoms with Crippen LogP contribution in [-0.4, -0.2) is 43.4 Å². The van der Waals surface area contributed by atoms with E-state index in [-0.39, 0.29) is 19.0 Å². The van der Waals surface area contributed by atoms with Gasteiger partial charge in [0.2, 0.25) is 0 Å². The number of urea groups is 1. The second-order valence-corrected chi connectivity index (χ2v) is 4.55. The molecule has 0 bridgehead atoms. The highest BCUT2D eigenvalue weighted by atomic mass is 16.5. The molecule has 0 aromatic heterocycles. The molecule has 0 aliphatic heterocycles. The Hall–Kier alpha value is -1.30. The molecular formula is C12H22N2O4. The lowest BCUT2D eigenvalue weighted by Crippen LogP contribution is -2.38. The molecule has 0 aromatic carbocycles. The third-order valence-corrected chi connectivity index (χ3v) is 2.98. The molecule has 0 radical (unpaired) electrons. The fourth-order valence-electron chi connectivity index (χ4n) is 2.01. The highest BCUT2D eigenvalue weighted by Crippen LogP contribution is 2.24. The van der Waals surface area contributed by atoms with Crippen LogP contribution in [-0.2, 0) is 9.53 Å². The number of ether oxygens (including phenoxy) is 1. The van der Waals surface area contributed by atoms with Gasteiger partial charge in [0.05, 0.1) is 13.0 Å². The van der Waals surface area contributed by atoms with E-state index in [0.717, 1.165) is 6.61 Å². The Kier molecular flexibility index (Phi) is 7.17. The number of carbonyl (C=O) groups is 2. The zero-order valence-electron chi connectivity index (χ0n) is 10.6. The highest BCUT2D eigenvalue weighted by Gasteiger charge is 2.14. The van der Waals surface area contributed by atoms with Crippen molar-refractivity contribution >= 4 is 12.0 Å². The predicted molar refractivity (Wildman–Crippen MR) is 66.4 cm³/mol. The van der Waals surface area contributed by atoms with Gasteiger partial charge in [0, 0.05) is 19.7 Å². The van der Waals surface area contributed by atoms with Gasteiger partial charge in [-0.2, -0.15) is 0 Å². The predicted octanol–water partition coefficient (Wildman–Crippen LogP) is 0.967. The molecule has 0 spiro atoms. The van der Waals surface area contributed by atoms with Gasteiger partial charge < -0.3 is 20.5 Å². The fraction of sp³-hybridized carbons (Fsp3) is 0.833. The van der Waals surface area contributed by atoms with Crippen LogP contribution in [0.1, 0.15) is 32.1 Å². The zero-order valence-corrected chi connectivity index (χ0v) is 10.6. The summed E-state index contributed by atoms with van der Waals surface area (Å²) in [4.78, 5) is 21.4. The average molecular weight is 258 g/mol. The number of carbonyl (C=O) groups excluding carboxylic acids is 1. The number of amides is 2. The van der Waals surface area contributed by atoms with Crippen molar-refractivity contribution in [1.29, 1.82) is 0 Å². The Morgan fingerprint density at radius 1 is 1.17 bits per heavy atom. The summed E-state index contributed by atoms with van der Waals surface area (Å²) in [6.07, 6.45) is 5.05. The molecule has 104 valence electrons. The Balaban J connectivity index is 1.87. The van der Waals surface area contributed by atoms with Crippen LogP contribution in [0.2, 0.25) is 0 Å². The molecule has 6 heteroatoms. The van der Waals surface area contributed by atoms with Crippen LogP contribution in [0.15, 0.2) is 0 Å². The smallest absolute Gasteiger partial charge is 0.314 e. The van der Waals surface area contributed by atoms with Gasteiger partial charge >= 0.3 is 12.0 Å². The minimum absolute atomic E-state index is 0.0639. The van der Waals surface area contributed by atoms with E-state index in [4.69, 9.17) is 9.84 Å². The van der Waals surface area contributed by atoms with Gasteiger partial charge in [0.1, 0.15) is 0 Å². The lowest BCUT2D eigenvalue weighted by Gasteiger charge is -2.10. The van der Waals surface area contributed by atoms with Gasteiger partial charge in [-0.1, -0.05) is 12.8 Å². The molecule has 1 aliphatic carbocycles. The van der Waals surface area contributed by atoms with Crippen LogP contribution in [0.3, 0.4) is 0 Å². The van der Waals surface area contributed by atoms with Gasteiger partial charge in [-0.15, -0.1) is 0 Å². The maximum absolute atomic E-state index is 11.2. The van der Waals surface area contributed by atoms with Crippen molar-refractivity contribution in [3.63, 3.8) is 0 Å². The minimum Gasteiger partial charge on any atom is -0.481 e. The van der Waals surface area contributed by atoms with Crippen molar-refractivity contribution in [3.05, 3.63) is 0 Å². The summed E-state index contributed by atoms with van der Waals surface area (Å²) in [6, 6.07) is -0.347. The van der Waals surface area contributed by atoms with Crippen molar-refractivity contribution < 1.29 is 19.4 Å². The van der Waals surface area contributed by atoms with Gasteiger partial charge in [-0.05, 0) is 18.8 Å². The molecule has 1 aliphatic rings. The lowest BCUT2D eigenvalue weighted by molar-refractivity contribution is -0.136. The Bertz CT molecular complexity index is 265. The highest BCUT2D eigenvalue weighted by molar-refractivity contribution is 5.74. The molecule has 1 rings (SSSR count). The Morgan fingerprint density at radius 2 is 1.83 bits per heavy atom. The van der Waals surface area contributed by atoms with E-state index in [9.17, 15) is 9.59 Å². The first-order chi connectivity index (χ1) is 8.68. The number of hydrogen-bond donors (Lipinski definition) is 3. The van der Waals surface area contributed by atoms with E-state index in [1.54, 1.807) is 0 Å². The number of aliphatic carboxylic acids is 1. The van der Waals surface area contributed by atoms with Crippen LogP contribution < -0.4 is 10.6 Å². The Labute approximate surface area is 107 Å². The lowest BCUT2D eigenvalue weighted by atomic mass is 10.1. The number of nitrogens with one attached hydrogen (secondary N) is 2. The number of hydrogen-bond acceptors (Lipinski definition) is 3. The summed E-state index contributed by atoms with van der Waals surface area (Å²) in [7, 11) is 0. The number of carboxylic acids is 1. The molecule has 6 nitrogen and oxygen atoms in total. The SMILES string of the molecule is O=C(O)CCNC(=O)NCCOCC1CCCC1. The Morgan fingerprint density at radius 3 is 2.50 bits per heavy atom. The molecule has 1 fully saturated rings. The molecule has 0 atom stereocenters. The number of rotatable bonds is 8. The van der Waals surface area contributed by atoms with Crippen LogP contribution in [0.5, 0.6) is 0 Å². The van der Waals surface area contributed by atoms with Crippen molar-refractivity contribution in [2.45, 2.75) is 32.1 Å². The zero-order chi connectivity index (χ0) is 13.2.